The van der Waals surface area contributed by atoms with Crippen LogP contribution in [0, 0.1) is 16.7 Å². The molecule has 9 heteroatoms. The van der Waals surface area contributed by atoms with Crippen molar-refractivity contribution in [2.45, 2.75) is 46.1 Å². The Balaban J connectivity index is 2.14. The number of phosphoric acid groups is 2. The molecule has 0 N–H and O–H groups in total. The lowest BCUT2D eigenvalue weighted by Gasteiger charge is -2.42. The minimum atomic E-state index is -5.62. The van der Waals surface area contributed by atoms with Crippen LogP contribution in [-0.2, 0) is 18.0 Å². The Morgan fingerprint density at radius 1 is 1.16 bits per heavy atom. The third kappa shape index (κ3) is 2.70. The van der Waals surface area contributed by atoms with Crippen molar-refractivity contribution in [2.24, 2.45) is 16.7 Å². The summed E-state index contributed by atoms with van der Waals surface area (Å²) in [5, 5.41) is 0. The SMILES string of the molecule is CC1(C)C2CCC1(C)[C@@H](OP(=O)([O-])OP(=O)([O-])[O-])C2. The minimum Gasteiger partial charge on any atom is -0.790 e. The molecule has 2 aliphatic carbocycles. The van der Waals surface area contributed by atoms with E-state index >= 15 is 0 Å². The van der Waals surface area contributed by atoms with E-state index in [9.17, 15) is 23.8 Å². The first-order valence-electron chi connectivity index (χ1n) is 6.10. The summed E-state index contributed by atoms with van der Waals surface area (Å²) in [6, 6.07) is 0. The van der Waals surface area contributed by atoms with Gasteiger partial charge in [0.25, 0.3) is 7.82 Å². The first kappa shape index (κ1) is 15.6. The molecule has 0 heterocycles. The molecule has 7 nitrogen and oxygen atoms in total. The van der Waals surface area contributed by atoms with Crippen molar-refractivity contribution in [1.82, 2.24) is 0 Å². The molecule has 0 aromatic heterocycles. The van der Waals surface area contributed by atoms with Crippen LogP contribution >= 0.6 is 15.6 Å². The zero-order valence-corrected chi connectivity index (χ0v) is 12.8. The zero-order chi connectivity index (χ0) is 14.7. The summed E-state index contributed by atoms with van der Waals surface area (Å²) in [6.07, 6.45) is 1.69. The van der Waals surface area contributed by atoms with Gasteiger partial charge in [0.15, 0.2) is 0 Å². The summed E-state index contributed by atoms with van der Waals surface area (Å²) < 4.78 is 30.2. The van der Waals surface area contributed by atoms with Gasteiger partial charge in [-0.2, -0.15) is 0 Å². The lowest BCUT2D eigenvalue weighted by molar-refractivity contribution is -0.340. The molecule has 0 aromatic carbocycles. The van der Waals surface area contributed by atoms with Crippen molar-refractivity contribution in [1.29, 1.82) is 0 Å². The summed E-state index contributed by atoms with van der Waals surface area (Å²) in [6.45, 7) is 6.03. The third-order valence-electron chi connectivity index (χ3n) is 5.17. The van der Waals surface area contributed by atoms with E-state index in [2.05, 4.69) is 18.2 Å². The Morgan fingerprint density at radius 2 is 1.74 bits per heavy atom. The Bertz CT molecular complexity index is 470. The average molecular weight is 311 g/mol. The average Bonchev–Trinajstić information content (AvgIpc) is 2.45. The second-order valence-corrected chi connectivity index (χ2v) is 8.83. The molecule has 0 saturated heterocycles. The molecule has 2 saturated carbocycles. The maximum atomic E-state index is 11.4. The predicted molar refractivity (Wildman–Crippen MR) is 60.4 cm³/mol. The number of rotatable bonds is 4. The van der Waals surface area contributed by atoms with Crippen molar-refractivity contribution in [3.8, 4) is 0 Å². The van der Waals surface area contributed by atoms with E-state index in [0.29, 0.717) is 12.3 Å². The molecular formula is C10H17O7P2-3. The smallest absolute Gasteiger partial charge is 0.272 e. The molecule has 112 valence electrons. The standard InChI is InChI=1S/C10H20O7P2/c1-9(2)7-4-5-10(9,3)8(6-7)16-19(14,15)17-18(11,12)13/h7-8H,4-6H2,1-3H3,(H,14,15)(H2,11,12,13)/p-3/t7?,8-,10?/m0/s1. The molecule has 0 aromatic rings. The van der Waals surface area contributed by atoms with Crippen molar-refractivity contribution < 1.29 is 32.6 Å². The van der Waals surface area contributed by atoms with Gasteiger partial charge in [0, 0.05) is 0 Å². The van der Waals surface area contributed by atoms with Crippen LogP contribution in [0.4, 0.5) is 0 Å². The van der Waals surface area contributed by atoms with Crippen LogP contribution in [0.3, 0.4) is 0 Å². The number of fused-ring (bicyclic) bond motifs is 2. The molecule has 19 heavy (non-hydrogen) atoms. The minimum absolute atomic E-state index is 0.0870. The lowest BCUT2D eigenvalue weighted by Crippen LogP contribution is -2.37. The van der Waals surface area contributed by atoms with Gasteiger partial charge in [-0.3, -0.25) is 8.88 Å². The summed E-state index contributed by atoms with van der Waals surface area (Å²) in [4.78, 5) is 32.2. The van der Waals surface area contributed by atoms with Gasteiger partial charge >= 0.3 is 0 Å². The van der Waals surface area contributed by atoms with Crippen molar-refractivity contribution in [2.75, 3.05) is 0 Å². The summed E-state index contributed by atoms with van der Waals surface area (Å²) in [7, 11) is -10.7. The Kier molecular flexibility index (Phi) is 3.60. The summed E-state index contributed by atoms with van der Waals surface area (Å²) >= 11 is 0. The van der Waals surface area contributed by atoms with Crippen molar-refractivity contribution >= 4 is 15.6 Å². The fraction of sp³-hybridized carbons (Fsp3) is 1.00. The van der Waals surface area contributed by atoms with Crippen LogP contribution < -0.4 is 14.7 Å². The highest BCUT2D eigenvalue weighted by atomic mass is 31.3. The van der Waals surface area contributed by atoms with Gasteiger partial charge in [0.1, 0.15) is 0 Å². The third-order valence-corrected chi connectivity index (χ3v) is 7.28. The number of phosphoric ester groups is 1. The van der Waals surface area contributed by atoms with Crippen LogP contribution in [0.15, 0.2) is 0 Å². The molecule has 2 aliphatic rings. The highest BCUT2D eigenvalue weighted by molar-refractivity contribution is 7.58. The highest BCUT2D eigenvalue weighted by Crippen LogP contribution is 2.68. The van der Waals surface area contributed by atoms with E-state index in [4.69, 9.17) is 4.52 Å². The van der Waals surface area contributed by atoms with Crippen LogP contribution in [0.1, 0.15) is 40.0 Å². The molecule has 0 radical (unpaired) electrons. The lowest BCUT2D eigenvalue weighted by atomic mass is 9.70. The maximum Gasteiger partial charge on any atom is 0.272 e. The molecule has 4 atom stereocenters. The maximum absolute atomic E-state index is 11.4. The Morgan fingerprint density at radius 3 is 2.11 bits per heavy atom. The molecule has 0 amide bonds. The van der Waals surface area contributed by atoms with E-state index in [1.165, 1.54) is 0 Å². The van der Waals surface area contributed by atoms with E-state index in [1.807, 2.05) is 6.92 Å². The fourth-order valence-electron chi connectivity index (χ4n) is 3.59. The predicted octanol–water partition coefficient (Wildman–Crippen LogP) is 0.531. The monoisotopic (exact) mass is 311 g/mol. The molecule has 2 fully saturated rings. The molecule has 3 unspecified atom stereocenters. The van der Waals surface area contributed by atoms with Gasteiger partial charge in [-0.1, -0.05) is 20.8 Å². The molecule has 2 bridgehead atoms. The zero-order valence-electron chi connectivity index (χ0n) is 11.0. The fourth-order valence-corrected chi connectivity index (χ4v) is 5.35. The first-order chi connectivity index (χ1) is 8.37. The Hall–Kier alpha value is 0.260. The number of hydrogen-bond donors (Lipinski definition) is 0. The van der Waals surface area contributed by atoms with E-state index in [1.54, 1.807) is 0 Å². The highest BCUT2D eigenvalue weighted by Gasteiger charge is 2.62. The number of hydrogen-bond acceptors (Lipinski definition) is 7. The largest absolute Gasteiger partial charge is 0.790 e. The molecule has 0 aliphatic heterocycles. The molecule has 2 rings (SSSR count). The van der Waals surface area contributed by atoms with E-state index < -0.39 is 21.7 Å². The second-order valence-electron chi connectivity index (χ2n) is 6.18. The van der Waals surface area contributed by atoms with Crippen LogP contribution in [0.25, 0.3) is 0 Å². The van der Waals surface area contributed by atoms with Gasteiger partial charge in [-0.15, -0.1) is 0 Å². The first-order valence-corrected chi connectivity index (χ1v) is 9.02. The Labute approximate surface area is 112 Å². The van der Waals surface area contributed by atoms with E-state index in [-0.39, 0.29) is 10.8 Å². The van der Waals surface area contributed by atoms with Gasteiger partial charge in [0.2, 0.25) is 0 Å². The normalized spacial score (nSPS) is 40.3. The van der Waals surface area contributed by atoms with Crippen LogP contribution in [-0.4, -0.2) is 6.10 Å². The summed E-state index contributed by atoms with van der Waals surface area (Å²) in [5.41, 5.74) is -0.451. The second kappa shape index (κ2) is 4.38. The molecular weight excluding hydrogens is 294 g/mol. The van der Waals surface area contributed by atoms with E-state index in [0.717, 1.165) is 12.8 Å². The van der Waals surface area contributed by atoms with Gasteiger partial charge in [-0.05, 0) is 36.0 Å². The van der Waals surface area contributed by atoms with Crippen molar-refractivity contribution in [3.05, 3.63) is 0 Å². The van der Waals surface area contributed by atoms with Crippen LogP contribution in [0.5, 0.6) is 0 Å². The van der Waals surface area contributed by atoms with Gasteiger partial charge in [0.05, 0.1) is 13.9 Å². The van der Waals surface area contributed by atoms with Gasteiger partial charge < -0.3 is 23.8 Å². The van der Waals surface area contributed by atoms with Crippen LogP contribution in [0.2, 0.25) is 0 Å². The molecule has 0 spiro atoms. The van der Waals surface area contributed by atoms with Crippen molar-refractivity contribution in [3.63, 3.8) is 0 Å². The topological polar surface area (TPSA) is 122 Å². The summed E-state index contributed by atoms with van der Waals surface area (Å²) in [5.74, 6) is 0.328. The quantitative estimate of drug-likeness (QED) is 0.694. The van der Waals surface area contributed by atoms with Gasteiger partial charge in [-0.25, -0.2) is 0 Å².